The van der Waals surface area contributed by atoms with E-state index < -0.39 is 29.9 Å². The lowest BCUT2D eigenvalue weighted by Crippen LogP contribution is -2.49. The molecule has 9 nitrogen and oxygen atoms in total. The van der Waals surface area contributed by atoms with Gasteiger partial charge < -0.3 is 31.6 Å². The molecular formula is C22H24N4O5. The summed E-state index contributed by atoms with van der Waals surface area (Å²) in [6.45, 7) is -0.389. The zero-order valence-corrected chi connectivity index (χ0v) is 16.7. The smallest absolute Gasteiger partial charge is 0.326 e. The van der Waals surface area contributed by atoms with Crippen molar-refractivity contribution in [3.8, 4) is 5.75 Å². The number of carbonyl (C=O) groups excluding carboxylic acids is 2. The van der Waals surface area contributed by atoms with Gasteiger partial charge in [0.15, 0.2) is 0 Å². The van der Waals surface area contributed by atoms with Crippen LogP contribution in [0.3, 0.4) is 0 Å². The molecule has 3 rings (SSSR count). The number of aromatic amines is 1. The highest BCUT2D eigenvalue weighted by atomic mass is 16.4. The summed E-state index contributed by atoms with van der Waals surface area (Å²) < 4.78 is 0. The minimum absolute atomic E-state index is 0.0371. The predicted octanol–water partition coefficient (Wildman–Crippen LogP) is 0.672. The molecule has 2 aromatic carbocycles. The number of phenolic OH excluding ortho intramolecular Hbond substituents is 1. The first kappa shape index (κ1) is 21.8. The molecule has 1 heterocycles. The number of carboxylic acids is 1. The molecule has 0 bridgehead atoms. The van der Waals surface area contributed by atoms with Gasteiger partial charge in [0.1, 0.15) is 11.8 Å². The van der Waals surface area contributed by atoms with Crippen LogP contribution in [0.4, 0.5) is 0 Å². The van der Waals surface area contributed by atoms with Gasteiger partial charge in [0, 0.05) is 23.5 Å². The number of nitrogens with two attached hydrogens (primary N) is 1. The fourth-order valence-electron chi connectivity index (χ4n) is 3.24. The SMILES string of the molecule is NC(Cc1c[nH]c2ccccc12)C(=O)NCC(=O)NC(Cc1ccc(O)cc1)C(=O)O. The zero-order valence-electron chi connectivity index (χ0n) is 16.7. The molecule has 162 valence electrons. The fraction of sp³-hybridized carbons (Fsp3) is 0.227. The van der Waals surface area contributed by atoms with E-state index in [0.29, 0.717) is 5.56 Å². The average Bonchev–Trinajstić information content (AvgIpc) is 3.15. The van der Waals surface area contributed by atoms with Crippen molar-refractivity contribution in [1.82, 2.24) is 15.6 Å². The predicted molar refractivity (Wildman–Crippen MR) is 114 cm³/mol. The lowest BCUT2D eigenvalue weighted by atomic mass is 10.0. The molecule has 0 spiro atoms. The number of para-hydroxylation sites is 1. The number of H-pyrrole nitrogens is 1. The molecule has 7 N–H and O–H groups in total. The first-order valence-corrected chi connectivity index (χ1v) is 9.72. The quantitative estimate of drug-likeness (QED) is 0.296. The van der Waals surface area contributed by atoms with Gasteiger partial charge in [-0.25, -0.2) is 4.79 Å². The maximum atomic E-state index is 12.3. The molecule has 0 aliphatic rings. The summed E-state index contributed by atoms with van der Waals surface area (Å²) in [5, 5.41) is 24.5. The third-order valence-electron chi connectivity index (χ3n) is 4.88. The van der Waals surface area contributed by atoms with Crippen molar-refractivity contribution < 1.29 is 24.6 Å². The Labute approximate surface area is 178 Å². The summed E-state index contributed by atoms with van der Waals surface area (Å²) in [5.41, 5.74) is 8.45. The van der Waals surface area contributed by atoms with Gasteiger partial charge in [-0.1, -0.05) is 30.3 Å². The van der Waals surface area contributed by atoms with Crippen LogP contribution in [0.25, 0.3) is 10.9 Å². The number of aliphatic carboxylic acids is 1. The number of benzene rings is 2. The van der Waals surface area contributed by atoms with Gasteiger partial charge >= 0.3 is 5.97 Å². The topological polar surface area (TPSA) is 158 Å². The minimum Gasteiger partial charge on any atom is -0.508 e. The molecule has 0 radical (unpaired) electrons. The number of fused-ring (bicyclic) bond motifs is 1. The van der Waals surface area contributed by atoms with Gasteiger partial charge in [-0.2, -0.15) is 0 Å². The second-order valence-corrected chi connectivity index (χ2v) is 7.22. The number of carboxylic acid groups (broad SMARTS) is 1. The van der Waals surface area contributed by atoms with E-state index in [1.807, 2.05) is 24.3 Å². The molecule has 0 saturated carbocycles. The molecule has 9 heteroatoms. The fourth-order valence-corrected chi connectivity index (χ4v) is 3.24. The Bertz CT molecular complexity index is 1080. The molecule has 0 saturated heterocycles. The van der Waals surface area contributed by atoms with Crippen LogP contribution in [0.1, 0.15) is 11.1 Å². The normalized spacial score (nSPS) is 12.8. The first-order valence-electron chi connectivity index (χ1n) is 9.72. The van der Waals surface area contributed by atoms with Crippen LogP contribution in [0, 0.1) is 0 Å². The van der Waals surface area contributed by atoms with Gasteiger partial charge in [0.25, 0.3) is 0 Å². The van der Waals surface area contributed by atoms with Crippen LogP contribution >= 0.6 is 0 Å². The highest BCUT2D eigenvalue weighted by Crippen LogP contribution is 2.18. The Morgan fingerprint density at radius 2 is 1.74 bits per heavy atom. The van der Waals surface area contributed by atoms with E-state index in [0.717, 1.165) is 16.5 Å². The summed E-state index contributed by atoms with van der Waals surface area (Å²) in [4.78, 5) is 39.0. The third kappa shape index (κ3) is 5.83. The molecular weight excluding hydrogens is 400 g/mol. The monoisotopic (exact) mass is 424 g/mol. The number of hydrogen-bond donors (Lipinski definition) is 6. The molecule has 0 fully saturated rings. The van der Waals surface area contributed by atoms with Crippen molar-refractivity contribution >= 4 is 28.7 Å². The van der Waals surface area contributed by atoms with E-state index in [4.69, 9.17) is 5.73 Å². The number of aromatic nitrogens is 1. The van der Waals surface area contributed by atoms with Crippen LogP contribution in [0.5, 0.6) is 5.75 Å². The van der Waals surface area contributed by atoms with Crippen LogP contribution in [-0.4, -0.2) is 51.6 Å². The van der Waals surface area contributed by atoms with Crippen molar-refractivity contribution in [2.45, 2.75) is 24.9 Å². The lowest BCUT2D eigenvalue weighted by Gasteiger charge is -2.16. The van der Waals surface area contributed by atoms with Gasteiger partial charge in [-0.15, -0.1) is 0 Å². The largest absolute Gasteiger partial charge is 0.508 e. The maximum Gasteiger partial charge on any atom is 0.326 e. The Hall–Kier alpha value is -3.85. The number of rotatable bonds is 9. The Kier molecular flexibility index (Phi) is 6.88. The van der Waals surface area contributed by atoms with Crippen molar-refractivity contribution in [2.24, 2.45) is 5.73 Å². The van der Waals surface area contributed by atoms with Crippen molar-refractivity contribution in [1.29, 1.82) is 0 Å². The third-order valence-corrected chi connectivity index (χ3v) is 4.88. The molecule has 31 heavy (non-hydrogen) atoms. The number of nitrogens with one attached hydrogen (secondary N) is 3. The van der Waals surface area contributed by atoms with E-state index in [-0.39, 0.29) is 25.1 Å². The number of phenols is 1. The molecule has 2 atom stereocenters. The van der Waals surface area contributed by atoms with E-state index in [1.165, 1.54) is 12.1 Å². The number of aromatic hydroxyl groups is 1. The first-order chi connectivity index (χ1) is 14.8. The van der Waals surface area contributed by atoms with Crippen LogP contribution in [0.2, 0.25) is 0 Å². The number of hydrogen-bond acceptors (Lipinski definition) is 5. The average molecular weight is 424 g/mol. The summed E-state index contributed by atoms with van der Waals surface area (Å²) in [6, 6.07) is 11.6. The standard InChI is InChI=1S/C22H24N4O5/c23-17(10-14-11-24-18-4-2-1-3-16(14)18)21(29)25-12-20(28)26-19(22(30)31)9-13-5-7-15(27)8-6-13/h1-8,11,17,19,24,27H,9-10,12,23H2,(H,25,29)(H,26,28)(H,30,31). The Balaban J connectivity index is 1.50. The molecule has 0 aliphatic heterocycles. The highest BCUT2D eigenvalue weighted by molar-refractivity contribution is 5.90. The van der Waals surface area contributed by atoms with Crippen LogP contribution < -0.4 is 16.4 Å². The highest BCUT2D eigenvalue weighted by Gasteiger charge is 2.22. The Morgan fingerprint density at radius 3 is 2.45 bits per heavy atom. The van der Waals surface area contributed by atoms with E-state index >= 15 is 0 Å². The summed E-state index contributed by atoms with van der Waals surface area (Å²) in [7, 11) is 0. The Morgan fingerprint density at radius 1 is 1.03 bits per heavy atom. The molecule has 2 amide bonds. The van der Waals surface area contributed by atoms with Gasteiger partial charge in [-0.05, 0) is 35.7 Å². The zero-order chi connectivity index (χ0) is 22.4. The maximum absolute atomic E-state index is 12.3. The van der Waals surface area contributed by atoms with Gasteiger partial charge in [-0.3, -0.25) is 9.59 Å². The van der Waals surface area contributed by atoms with Crippen molar-refractivity contribution in [2.75, 3.05) is 6.54 Å². The van der Waals surface area contributed by atoms with Gasteiger partial charge in [0.2, 0.25) is 11.8 Å². The molecule has 1 aromatic heterocycles. The summed E-state index contributed by atoms with van der Waals surface area (Å²) >= 11 is 0. The van der Waals surface area contributed by atoms with Gasteiger partial charge in [0.05, 0.1) is 12.6 Å². The summed E-state index contributed by atoms with van der Waals surface area (Å²) in [6.07, 6.45) is 2.12. The summed E-state index contributed by atoms with van der Waals surface area (Å²) in [5.74, 6) is -2.29. The minimum atomic E-state index is -1.20. The lowest BCUT2D eigenvalue weighted by molar-refractivity contribution is -0.141. The number of carbonyl (C=O) groups is 3. The second kappa shape index (κ2) is 9.77. The van der Waals surface area contributed by atoms with E-state index in [1.54, 1.807) is 18.3 Å². The molecule has 0 aliphatic carbocycles. The second-order valence-electron chi connectivity index (χ2n) is 7.22. The van der Waals surface area contributed by atoms with E-state index in [9.17, 15) is 24.6 Å². The molecule has 2 unspecified atom stereocenters. The van der Waals surface area contributed by atoms with E-state index in [2.05, 4.69) is 15.6 Å². The molecule has 3 aromatic rings. The number of amides is 2. The van der Waals surface area contributed by atoms with Crippen LogP contribution in [0.15, 0.2) is 54.7 Å². The van der Waals surface area contributed by atoms with Crippen molar-refractivity contribution in [3.63, 3.8) is 0 Å². The van der Waals surface area contributed by atoms with Crippen LogP contribution in [-0.2, 0) is 27.2 Å². The van der Waals surface area contributed by atoms with Crippen molar-refractivity contribution in [3.05, 3.63) is 65.9 Å².